The van der Waals surface area contributed by atoms with Gasteiger partial charge in [0.1, 0.15) is 0 Å². The van der Waals surface area contributed by atoms with E-state index in [0.717, 1.165) is 0 Å². The SMILES string of the molecule is O=P(O)(O)CCO.[Na]. The molecule has 0 unspecified atom stereocenters. The van der Waals surface area contributed by atoms with Gasteiger partial charge in [0.15, 0.2) is 0 Å². The molecule has 45 valence electrons. The van der Waals surface area contributed by atoms with Gasteiger partial charge in [-0.2, -0.15) is 0 Å². The Hall–Kier alpha value is 1.11. The summed E-state index contributed by atoms with van der Waals surface area (Å²) in [6, 6.07) is 0. The quantitative estimate of drug-likeness (QED) is 0.339. The van der Waals surface area contributed by atoms with E-state index >= 15 is 0 Å². The van der Waals surface area contributed by atoms with Gasteiger partial charge in [-0.05, 0) is 0 Å². The molecule has 0 spiro atoms. The van der Waals surface area contributed by atoms with E-state index in [4.69, 9.17) is 14.9 Å². The van der Waals surface area contributed by atoms with Gasteiger partial charge >= 0.3 is 7.60 Å². The van der Waals surface area contributed by atoms with Gasteiger partial charge in [0.05, 0.1) is 12.8 Å². The second-order valence-electron chi connectivity index (χ2n) is 1.11. The molecule has 0 heterocycles. The first-order chi connectivity index (χ1) is 3.06. The van der Waals surface area contributed by atoms with E-state index in [1.807, 2.05) is 0 Å². The molecule has 0 atom stereocenters. The molecule has 0 fully saturated rings. The maximum absolute atomic E-state index is 9.77. The smallest absolute Gasteiger partial charge is 0.327 e. The summed E-state index contributed by atoms with van der Waals surface area (Å²) in [6.45, 7) is -0.454. The van der Waals surface area contributed by atoms with Crippen molar-refractivity contribution in [2.75, 3.05) is 12.8 Å². The van der Waals surface area contributed by atoms with Crippen molar-refractivity contribution in [3.05, 3.63) is 0 Å². The Morgan fingerprint density at radius 2 is 1.75 bits per heavy atom. The van der Waals surface area contributed by atoms with Gasteiger partial charge in [-0.25, -0.2) is 0 Å². The molecule has 3 N–H and O–H groups in total. The minimum absolute atomic E-state index is 0. The molecule has 0 aromatic heterocycles. The van der Waals surface area contributed by atoms with Gasteiger partial charge in [-0.1, -0.05) is 0 Å². The van der Waals surface area contributed by atoms with E-state index in [2.05, 4.69) is 0 Å². The fraction of sp³-hybridized carbons (Fsp3) is 1.00. The Morgan fingerprint density at radius 1 is 1.38 bits per heavy atom. The first-order valence-electron chi connectivity index (χ1n) is 1.72. The molecule has 0 aliphatic heterocycles. The molecule has 0 aromatic carbocycles. The monoisotopic (exact) mass is 149 g/mol. The third-order valence-corrected chi connectivity index (χ3v) is 1.17. The van der Waals surface area contributed by atoms with Crippen LogP contribution in [-0.2, 0) is 4.57 Å². The minimum Gasteiger partial charge on any atom is -0.396 e. The summed E-state index contributed by atoms with van der Waals surface area (Å²) in [5.74, 6) is 0. The average molecular weight is 149 g/mol. The summed E-state index contributed by atoms with van der Waals surface area (Å²) in [6.07, 6.45) is -0.438. The molecule has 0 aliphatic rings. The van der Waals surface area contributed by atoms with Crippen molar-refractivity contribution in [3.8, 4) is 0 Å². The van der Waals surface area contributed by atoms with Crippen molar-refractivity contribution in [2.24, 2.45) is 0 Å². The first kappa shape index (κ1) is 11.9. The molecule has 1 radical (unpaired) electrons. The second kappa shape index (κ2) is 4.94. The van der Waals surface area contributed by atoms with Crippen LogP contribution in [-0.4, -0.2) is 57.2 Å². The normalized spacial score (nSPS) is 10.4. The summed E-state index contributed by atoms with van der Waals surface area (Å²) in [4.78, 5) is 15.9. The maximum atomic E-state index is 9.77. The van der Waals surface area contributed by atoms with Crippen molar-refractivity contribution in [1.82, 2.24) is 0 Å². The Labute approximate surface area is 69.4 Å². The molecule has 6 heteroatoms. The van der Waals surface area contributed by atoms with E-state index in [0.29, 0.717) is 0 Å². The Morgan fingerprint density at radius 3 is 1.75 bits per heavy atom. The van der Waals surface area contributed by atoms with Gasteiger partial charge in [0.25, 0.3) is 0 Å². The minimum atomic E-state index is -3.92. The van der Waals surface area contributed by atoms with E-state index in [1.54, 1.807) is 0 Å². The van der Waals surface area contributed by atoms with Crippen LogP contribution in [0.1, 0.15) is 0 Å². The fourth-order valence-electron chi connectivity index (χ4n) is 0.130. The Bertz CT molecular complexity index is 88.0. The van der Waals surface area contributed by atoms with Crippen molar-refractivity contribution in [3.63, 3.8) is 0 Å². The van der Waals surface area contributed by atoms with Gasteiger partial charge in [0.2, 0.25) is 0 Å². The van der Waals surface area contributed by atoms with Crippen LogP contribution in [0, 0.1) is 0 Å². The molecule has 0 aromatic rings. The van der Waals surface area contributed by atoms with Crippen LogP contribution in [0.5, 0.6) is 0 Å². The molecule has 4 nitrogen and oxygen atoms in total. The number of hydrogen-bond donors (Lipinski definition) is 3. The summed E-state index contributed by atoms with van der Waals surface area (Å²) >= 11 is 0. The molecule has 0 rings (SSSR count). The summed E-state index contributed by atoms with van der Waals surface area (Å²) in [7, 11) is -3.92. The molecule has 0 saturated carbocycles. The fourth-order valence-corrected chi connectivity index (χ4v) is 0.391. The van der Waals surface area contributed by atoms with Crippen molar-refractivity contribution in [2.45, 2.75) is 0 Å². The predicted octanol–water partition coefficient (Wildman–Crippen LogP) is -1.22. The van der Waals surface area contributed by atoms with Crippen molar-refractivity contribution < 1.29 is 19.5 Å². The van der Waals surface area contributed by atoms with Crippen LogP contribution in [0.2, 0.25) is 0 Å². The van der Waals surface area contributed by atoms with Crippen LogP contribution < -0.4 is 0 Å². The van der Waals surface area contributed by atoms with E-state index < -0.39 is 20.4 Å². The van der Waals surface area contributed by atoms with Gasteiger partial charge in [-0.15, -0.1) is 0 Å². The van der Waals surface area contributed by atoms with Crippen LogP contribution in [0.25, 0.3) is 0 Å². The summed E-state index contributed by atoms with van der Waals surface area (Å²) in [5.41, 5.74) is 0. The second-order valence-corrected chi connectivity index (χ2v) is 2.89. The Kier molecular flexibility index (Phi) is 7.32. The average Bonchev–Trinajstić information content (AvgIpc) is 1.30. The van der Waals surface area contributed by atoms with E-state index in [9.17, 15) is 4.57 Å². The molecule has 0 amide bonds. The molecular weight excluding hydrogens is 142 g/mol. The van der Waals surface area contributed by atoms with Crippen LogP contribution in [0.15, 0.2) is 0 Å². The zero-order valence-corrected chi connectivity index (χ0v) is 7.51. The van der Waals surface area contributed by atoms with Crippen LogP contribution in [0.4, 0.5) is 0 Å². The third-order valence-electron chi connectivity index (χ3n) is 0.391. The first-order valence-corrected chi connectivity index (χ1v) is 3.51. The zero-order valence-electron chi connectivity index (χ0n) is 4.61. The third kappa shape index (κ3) is 10.2. The van der Waals surface area contributed by atoms with Gasteiger partial charge in [-0.3, -0.25) is 4.57 Å². The number of aliphatic hydroxyl groups excluding tert-OH is 1. The summed E-state index contributed by atoms with van der Waals surface area (Å²) in [5, 5.41) is 7.91. The van der Waals surface area contributed by atoms with Crippen LogP contribution in [0.3, 0.4) is 0 Å². The molecule has 0 bridgehead atoms. The Balaban J connectivity index is 0. The largest absolute Gasteiger partial charge is 0.396 e. The molecule has 0 aliphatic carbocycles. The molecule has 0 saturated heterocycles. The standard InChI is InChI=1S/C2H7O4P.Na/c3-1-2-7(4,5)6;/h3H,1-2H2,(H2,4,5,6);. The van der Waals surface area contributed by atoms with Gasteiger partial charge in [0, 0.05) is 29.6 Å². The number of aliphatic hydroxyl groups is 1. The number of hydrogen-bond acceptors (Lipinski definition) is 2. The van der Waals surface area contributed by atoms with Crippen molar-refractivity contribution >= 4 is 37.2 Å². The zero-order chi connectivity index (χ0) is 5.91. The van der Waals surface area contributed by atoms with Gasteiger partial charge < -0.3 is 14.9 Å². The van der Waals surface area contributed by atoms with Crippen LogP contribution >= 0.6 is 7.60 Å². The molecular formula is C2H7NaO4P. The topological polar surface area (TPSA) is 77.8 Å². The van der Waals surface area contributed by atoms with E-state index in [1.165, 1.54) is 0 Å². The number of rotatable bonds is 2. The van der Waals surface area contributed by atoms with Crippen molar-refractivity contribution in [1.29, 1.82) is 0 Å². The molecule has 8 heavy (non-hydrogen) atoms. The predicted molar refractivity (Wildman–Crippen MR) is 29.8 cm³/mol. The summed E-state index contributed by atoms with van der Waals surface area (Å²) < 4.78 is 9.77. The van der Waals surface area contributed by atoms with E-state index in [-0.39, 0.29) is 29.6 Å². The maximum Gasteiger partial charge on any atom is 0.327 e.